The zero-order valence-electron chi connectivity index (χ0n) is 10.7. The van der Waals surface area contributed by atoms with Crippen LogP contribution >= 0.6 is 0 Å². The Hall–Kier alpha value is -1.39. The fourth-order valence-corrected chi connectivity index (χ4v) is 1.74. The standard InChI is InChI=1S/C13H18F3NO/c1-4-12(9(2)3)17-10-6-5-7-11(8-10)18-13(14,15)16/h5-9,12,17H,4H2,1-3H3. The van der Waals surface area contributed by atoms with E-state index in [4.69, 9.17) is 0 Å². The maximum absolute atomic E-state index is 12.1. The molecule has 1 atom stereocenters. The summed E-state index contributed by atoms with van der Waals surface area (Å²) in [5.74, 6) is 0.202. The van der Waals surface area contributed by atoms with Gasteiger partial charge in [-0.1, -0.05) is 26.8 Å². The van der Waals surface area contributed by atoms with Gasteiger partial charge in [0.05, 0.1) is 0 Å². The van der Waals surface area contributed by atoms with Gasteiger partial charge in [0.25, 0.3) is 0 Å². The molecule has 0 bridgehead atoms. The summed E-state index contributed by atoms with van der Waals surface area (Å²) in [6.45, 7) is 6.17. The molecule has 0 amide bonds. The number of nitrogens with one attached hydrogen (secondary N) is 1. The van der Waals surface area contributed by atoms with Gasteiger partial charge < -0.3 is 10.1 Å². The maximum Gasteiger partial charge on any atom is 0.573 e. The zero-order chi connectivity index (χ0) is 13.8. The minimum atomic E-state index is -4.65. The van der Waals surface area contributed by atoms with Crippen molar-refractivity contribution in [2.45, 2.75) is 39.6 Å². The van der Waals surface area contributed by atoms with Gasteiger partial charge in [-0.3, -0.25) is 0 Å². The van der Waals surface area contributed by atoms with E-state index in [9.17, 15) is 13.2 Å². The number of alkyl halides is 3. The summed E-state index contributed by atoms with van der Waals surface area (Å²) in [6.07, 6.45) is -3.75. The highest BCUT2D eigenvalue weighted by Gasteiger charge is 2.31. The molecular weight excluding hydrogens is 243 g/mol. The lowest BCUT2D eigenvalue weighted by Crippen LogP contribution is -2.24. The number of anilines is 1. The first-order chi connectivity index (χ1) is 8.31. The molecule has 0 spiro atoms. The largest absolute Gasteiger partial charge is 0.573 e. The number of hydrogen-bond donors (Lipinski definition) is 1. The molecule has 0 radical (unpaired) electrons. The molecule has 2 nitrogen and oxygen atoms in total. The zero-order valence-corrected chi connectivity index (χ0v) is 10.7. The van der Waals surface area contributed by atoms with Crippen LogP contribution in [0.3, 0.4) is 0 Å². The summed E-state index contributed by atoms with van der Waals surface area (Å²) >= 11 is 0. The van der Waals surface area contributed by atoms with Crippen LogP contribution in [-0.2, 0) is 0 Å². The third kappa shape index (κ3) is 4.85. The van der Waals surface area contributed by atoms with Crippen molar-refractivity contribution in [3.63, 3.8) is 0 Å². The molecule has 0 saturated carbocycles. The van der Waals surface area contributed by atoms with Crippen LogP contribution < -0.4 is 10.1 Å². The Labute approximate surface area is 105 Å². The second-order valence-corrected chi connectivity index (χ2v) is 4.48. The third-order valence-electron chi connectivity index (χ3n) is 2.66. The van der Waals surface area contributed by atoms with Gasteiger partial charge in [0.2, 0.25) is 0 Å². The van der Waals surface area contributed by atoms with E-state index in [0.29, 0.717) is 11.6 Å². The molecule has 1 aromatic rings. The smallest absolute Gasteiger partial charge is 0.406 e. The SMILES string of the molecule is CCC(Nc1cccc(OC(F)(F)F)c1)C(C)C. The fraction of sp³-hybridized carbons (Fsp3) is 0.538. The Bertz CT molecular complexity index is 377. The van der Waals surface area contributed by atoms with Crippen molar-refractivity contribution in [2.75, 3.05) is 5.32 Å². The van der Waals surface area contributed by atoms with Gasteiger partial charge in [0, 0.05) is 17.8 Å². The van der Waals surface area contributed by atoms with Crippen molar-refractivity contribution in [1.29, 1.82) is 0 Å². The maximum atomic E-state index is 12.1. The van der Waals surface area contributed by atoms with Gasteiger partial charge in [-0.2, -0.15) is 0 Å². The van der Waals surface area contributed by atoms with Crippen LogP contribution in [0.2, 0.25) is 0 Å². The molecule has 1 unspecified atom stereocenters. The van der Waals surface area contributed by atoms with Crippen molar-refractivity contribution in [3.05, 3.63) is 24.3 Å². The molecule has 0 aliphatic rings. The number of halogens is 3. The lowest BCUT2D eigenvalue weighted by atomic mass is 10.0. The lowest BCUT2D eigenvalue weighted by molar-refractivity contribution is -0.274. The molecule has 0 aliphatic heterocycles. The molecule has 18 heavy (non-hydrogen) atoms. The molecule has 5 heteroatoms. The van der Waals surface area contributed by atoms with Crippen molar-refractivity contribution in [2.24, 2.45) is 5.92 Å². The Balaban J connectivity index is 2.76. The van der Waals surface area contributed by atoms with Crippen molar-refractivity contribution in [3.8, 4) is 5.75 Å². The molecule has 1 rings (SSSR count). The van der Waals surface area contributed by atoms with E-state index in [1.54, 1.807) is 6.07 Å². The van der Waals surface area contributed by atoms with Crippen molar-refractivity contribution < 1.29 is 17.9 Å². The number of benzene rings is 1. The Kier molecular flexibility index (Phi) is 4.87. The summed E-state index contributed by atoms with van der Waals surface area (Å²) in [6, 6.07) is 6.14. The first-order valence-corrected chi connectivity index (χ1v) is 5.94. The summed E-state index contributed by atoms with van der Waals surface area (Å²) in [4.78, 5) is 0. The second-order valence-electron chi connectivity index (χ2n) is 4.48. The van der Waals surface area contributed by atoms with Gasteiger partial charge in [-0.25, -0.2) is 0 Å². The van der Waals surface area contributed by atoms with Gasteiger partial charge in [0.1, 0.15) is 5.75 Å². The number of rotatable bonds is 5. The Morgan fingerprint density at radius 2 is 1.94 bits per heavy atom. The second kappa shape index (κ2) is 5.98. The van der Waals surface area contributed by atoms with Crippen LogP contribution in [0.4, 0.5) is 18.9 Å². The molecular formula is C13H18F3NO. The van der Waals surface area contributed by atoms with Gasteiger partial charge in [0.15, 0.2) is 0 Å². The summed E-state index contributed by atoms with van der Waals surface area (Å²) in [5, 5.41) is 3.21. The Morgan fingerprint density at radius 3 is 2.44 bits per heavy atom. The molecule has 0 saturated heterocycles. The minimum Gasteiger partial charge on any atom is -0.406 e. The van der Waals surface area contributed by atoms with E-state index in [2.05, 4.69) is 23.9 Å². The first kappa shape index (κ1) is 14.7. The average Bonchev–Trinajstić information content (AvgIpc) is 2.23. The monoisotopic (exact) mass is 261 g/mol. The van der Waals surface area contributed by atoms with E-state index in [1.165, 1.54) is 18.2 Å². The predicted octanol–water partition coefficient (Wildman–Crippen LogP) is 4.43. The van der Waals surface area contributed by atoms with Gasteiger partial charge in [-0.15, -0.1) is 13.2 Å². The first-order valence-electron chi connectivity index (χ1n) is 5.94. The molecule has 1 N–H and O–H groups in total. The fourth-order valence-electron chi connectivity index (χ4n) is 1.74. The number of hydrogen-bond acceptors (Lipinski definition) is 2. The Morgan fingerprint density at radius 1 is 1.28 bits per heavy atom. The highest BCUT2D eigenvalue weighted by Crippen LogP contribution is 2.26. The van der Waals surface area contributed by atoms with E-state index >= 15 is 0 Å². The highest BCUT2D eigenvalue weighted by molar-refractivity contribution is 5.49. The van der Waals surface area contributed by atoms with Gasteiger partial charge in [-0.05, 0) is 24.5 Å². The molecule has 102 valence electrons. The van der Waals surface area contributed by atoms with Crippen LogP contribution in [0.1, 0.15) is 27.2 Å². The quantitative estimate of drug-likeness (QED) is 0.846. The predicted molar refractivity (Wildman–Crippen MR) is 65.7 cm³/mol. The van der Waals surface area contributed by atoms with E-state index in [1.807, 2.05) is 6.92 Å². The van der Waals surface area contributed by atoms with Crippen LogP contribution in [0.5, 0.6) is 5.75 Å². The van der Waals surface area contributed by atoms with Crippen molar-refractivity contribution >= 4 is 5.69 Å². The summed E-state index contributed by atoms with van der Waals surface area (Å²) < 4.78 is 40.1. The molecule has 0 aromatic heterocycles. The van der Waals surface area contributed by atoms with Crippen LogP contribution in [-0.4, -0.2) is 12.4 Å². The summed E-state index contributed by atoms with van der Waals surface area (Å²) in [7, 11) is 0. The van der Waals surface area contributed by atoms with E-state index in [0.717, 1.165) is 6.42 Å². The topological polar surface area (TPSA) is 21.3 Å². The van der Waals surface area contributed by atoms with Crippen LogP contribution in [0, 0.1) is 5.92 Å². The van der Waals surface area contributed by atoms with E-state index < -0.39 is 6.36 Å². The lowest BCUT2D eigenvalue weighted by Gasteiger charge is -2.22. The molecule has 0 heterocycles. The van der Waals surface area contributed by atoms with Crippen molar-refractivity contribution in [1.82, 2.24) is 0 Å². The highest BCUT2D eigenvalue weighted by atomic mass is 19.4. The number of ether oxygens (including phenoxy) is 1. The molecule has 1 aromatic carbocycles. The molecule has 0 fully saturated rings. The van der Waals surface area contributed by atoms with E-state index in [-0.39, 0.29) is 11.8 Å². The van der Waals surface area contributed by atoms with Crippen LogP contribution in [0.15, 0.2) is 24.3 Å². The third-order valence-corrected chi connectivity index (χ3v) is 2.66. The molecule has 0 aliphatic carbocycles. The minimum absolute atomic E-state index is 0.203. The van der Waals surface area contributed by atoms with Gasteiger partial charge >= 0.3 is 6.36 Å². The average molecular weight is 261 g/mol. The normalized spacial score (nSPS) is 13.5. The summed E-state index contributed by atoms with van der Waals surface area (Å²) in [5.41, 5.74) is 0.636. The van der Waals surface area contributed by atoms with Crippen LogP contribution in [0.25, 0.3) is 0 Å².